The van der Waals surface area contributed by atoms with E-state index in [1.807, 2.05) is 0 Å². The van der Waals surface area contributed by atoms with Crippen LogP contribution in [0.25, 0.3) is 0 Å². The third-order valence-electron chi connectivity index (χ3n) is 4.08. The second-order valence-electron chi connectivity index (χ2n) is 6.28. The highest BCUT2D eigenvalue weighted by atomic mass is 32.2. The minimum absolute atomic E-state index is 0.153. The summed E-state index contributed by atoms with van der Waals surface area (Å²) in [5.41, 5.74) is 0. The monoisotopic (exact) mass is 317 g/mol. The predicted molar refractivity (Wildman–Crippen MR) is 82.4 cm³/mol. The maximum Gasteiger partial charge on any atom is 0.220 e. The molecule has 2 aliphatic rings. The lowest BCUT2D eigenvalue weighted by Gasteiger charge is -2.31. The number of sulfonamides is 1. The Morgan fingerprint density at radius 1 is 1.29 bits per heavy atom. The van der Waals surface area contributed by atoms with Crippen LogP contribution in [0.1, 0.15) is 38.5 Å². The highest BCUT2D eigenvalue weighted by molar-refractivity contribution is 7.88. The topological polar surface area (TPSA) is 78.5 Å². The van der Waals surface area contributed by atoms with Crippen LogP contribution in [0.3, 0.4) is 0 Å². The van der Waals surface area contributed by atoms with E-state index in [4.69, 9.17) is 0 Å². The molecule has 1 amide bonds. The van der Waals surface area contributed by atoms with E-state index >= 15 is 0 Å². The van der Waals surface area contributed by atoms with E-state index in [0.29, 0.717) is 31.5 Å². The van der Waals surface area contributed by atoms with Gasteiger partial charge in [-0.25, -0.2) is 12.7 Å². The van der Waals surface area contributed by atoms with Gasteiger partial charge in [-0.3, -0.25) is 4.79 Å². The Morgan fingerprint density at radius 3 is 2.71 bits per heavy atom. The largest absolute Gasteiger partial charge is 0.353 e. The van der Waals surface area contributed by atoms with Gasteiger partial charge in [0.05, 0.1) is 6.26 Å². The Hall–Kier alpha value is -0.660. The molecule has 2 rings (SSSR count). The van der Waals surface area contributed by atoms with E-state index in [-0.39, 0.29) is 5.91 Å². The molecule has 2 fully saturated rings. The van der Waals surface area contributed by atoms with E-state index in [1.165, 1.54) is 6.26 Å². The van der Waals surface area contributed by atoms with Gasteiger partial charge in [0.2, 0.25) is 15.9 Å². The molecule has 1 atom stereocenters. The number of hydrogen-bond acceptors (Lipinski definition) is 4. The quantitative estimate of drug-likeness (QED) is 0.632. The van der Waals surface area contributed by atoms with Gasteiger partial charge >= 0.3 is 0 Å². The molecular formula is C14H27N3O3S. The van der Waals surface area contributed by atoms with Crippen LogP contribution in [0, 0.1) is 5.92 Å². The summed E-state index contributed by atoms with van der Waals surface area (Å²) < 4.78 is 24.6. The highest BCUT2D eigenvalue weighted by Gasteiger charge is 2.25. The SMILES string of the molecule is CS(=O)(=O)N1CCCC(CNCCCC(=O)NC2CC2)C1. The lowest BCUT2D eigenvalue weighted by atomic mass is 10.00. The molecule has 1 unspecified atom stereocenters. The fourth-order valence-corrected chi connectivity index (χ4v) is 3.64. The molecule has 0 aromatic carbocycles. The molecule has 21 heavy (non-hydrogen) atoms. The lowest BCUT2D eigenvalue weighted by molar-refractivity contribution is -0.121. The van der Waals surface area contributed by atoms with Crippen molar-refractivity contribution in [1.29, 1.82) is 0 Å². The standard InChI is InChI=1S/C14H27N3O3S/c1-21(19,20)17-9-3-4-12(11-17)10-15-8-2-5-14(18)16-13-6-7-13/h12-13,15H,2-11H2,1H3,(H,16,18). The number of amides is 1. The van der Waals surface area contributed by atoms with Gasteiger partial charge in [-0.05, 0) is 51.1 Å². The van der Waals surface area contributed by atoms with Crippen molar-refractivity contribution >= 4 is 15.9 Å². The summed E-state index contributed by atoms with van der Waals surface area (Å²) in [6.07, 6.45) is 6.95. The normalized spacial score (nSPS) is 24.0. The van der Waals surface area contributed by atoms with Crippen molar-refractivity contribution in [2.45, 2.75) is 44.6 Å². The summed E-state index contributed by atoms with van der Waals surface area (Å²) in [6.45, 7) is 2.91. The Balaban J connectivity index is 1.54. The number of nitrogens with one attached hydrogen (secondary N) is 2. The lowest BCUT2D eigenvalue weighted by Crippen LogP contribution is -2.42. The summed E-state index contributed by atoms with van der Waals surface area (Å²) in [4.78, 5) is 11.5. The summed E-state index contributed by atoms with van der Waals surface area (Å²) in [7, 11) is -3.06. The number of hydrogen-bond donors (Lipinski definition) is 2. The number of rotatable bonds is 8. The molecule has 0 aromatic rings. The Bertz CT molecular complexity index is 448. The molecule has 1 heterocycles. The highest BCUT2D eigenvalue weighted by Crippen LogP contribution is 2.19. The van der Waals surface area contributed by atoms with Crippen LogP contribution in [0.15, 0.2) is 0 Å². The van der Waals surface area contributed by atoms with Crippen molar-refractivity contribution in [2.75, 3.05) is 32.4 Å². The van der Waals surface area contributed by atoms with E-state index in [9.17, 15) is 13.2 Å². The van der Waals surface area contributed by atoms with Gasteiger partial charge in [-0.2, -0.15) is 0 Å². The first-order valence-electron chi connectivity index (χ1n) is 7.90. The van der Waals surface area contributed by atoms with Crippen molar-refractivity contribution in [1.82, 2.24) is 14.9 Å². The smallest absolute Gasteiger partial charge is 0.220 e. The summed E-state index contributed by atoms with van der Waals surface area (Å²) in [6, 6.07) is 0.440. The number of piperidine rings is 1. The summed E-state index contributed by atoms with van der Waals surface area (Å²) in [5, 5.41) is 6.33. The van der Waals surface area contributed by atoms with Gasteiger partial charge in [0, 0.05) is 25.6 Å². The zero-order valence-electron chi connectivity index (χ0n) is 12.8. The molecule has 0 aromatic heterocycles. The maximum absolute atomic E-state index is 11.5. The molecule has 0 radical (unpaired) electrons. The molecule has 2 N–H and O–H groups in total. The van der Waals surface area contributed by atoms with Crippen molar-refractivity contribution in [3.8, 4) is 0 Å². The van der Waals surface area contributed by atoms with Gasteiger partial charge < -0.3 is 10.6 Å². The molecule has 7 heteroatoms. The van der Waals surface area contributed by atoms with Crippen LogP contribution in [0.2, 0.25) is 0 Å². The fourth-order valence-electron chi connectivity index (χ4n) is 2.70. The average molecular weight is 317 g/mol. The van der Waals surface area contributed by atoms with Crippen LogP contribution < -0.4 is 10.6 Å². The van der Waals surface area contributed by atoms with Gasteiger partial charge in [-0.15, -0.1) is 0 Å². The molecule has 0 spiro atoms. The second-order valence-corrected chi connectivity index (χ2v) is 8.26. The van der Waals surface area contributed by atoms with E-state index in [2.05, 4.69) is 10.6 Å². The first kappa shape index (κ1) is 16.7. The van der Waals surface area contributed by atoms with Crippen LogP contribution >= 0.6 is 0 Å². The van der Waals surface area contributed by atoms with Crippen molar-refractivity contribution in [2.24, 2.45) is 5.92 Å². The Morgan fingerprint density at radius 2 is 2.05 bits per heavy atom. The molecule has 1 aliphatic heterocycles. The zero-order chi connectivity index (χ0) is 15.3. The van der Waals surface area contributed by atoms with Gasteiger partial charge in [0.15, 0.2) is 0 Å². The molecular weight excluding hydrogens is 290 g/mol. The first-order chi connectivity index (χ1) is 9.95. The third kappa shape index (κ3) is 6.32. The zero-order valence-corrected chi connectivity index (χ0v) is 13.6. The van der Waals surface area contributed by atoms with Crippen LogP contribution in [-0.4, -0.2) is 57.1 Å². The second kappa shape index (κ2) is 7.56. The summed E-state index contributed by atoms with van der Waals surface area (Å²) in [5.74, 6) is 0.536. The van der Waals surface area contributed by atoms with Crippen molar-refractivity contribution in [3.05, 3.63) is 0 Å². The molecule has 122 valence electrons. The fraction of sp³-hybridized carbons (Fsp3) is 0.929. The minimum Gasteiger partial charge on any atom is -0.353 e. The van der Waals surface area contributed by atoms with Crippen molar-refractivity contribution < 1.29 is 13.2 Å². The van der Waals surface area contributed by atoms with E-state index < -0.39 is 10.0 Å². The number of carbonyl (C=O) groups excluding carboxylic acids is 1. The Kier molecular flexibility index (Phi) is 6.01. The van der Waals surface area contributed by atoms with Crippen LogP contribution in [0.5, 0.6) is 0 Å². The number of nitrogens with zero attached hydrogens (tertiary/aromatic N) is 1. The predicted octanol–water partition coefficient (Wildman–Crippen LogP) is 0.306. The molecule has 1 saturated heterocycles. The minimum atomic E-state index is -3.06. The average Bonchev–Trinajstić information content (AvgIpc) is 3.21. The number of carbonyl (C=O) groups is 1. The van der Waals surface area contributed by atoms with Crippen LogP contribution in [0.4, 0.5) is 0 Å². The molecule has 6 nitrogen and oxygen atoms in total. The van der Waals surface area contributed by atoms with Crippen LogP contribution in [-0.2, 0) is 14.8 Å². The molecule has 1 saturated carbocycles. The first-order valence-corrected chi connectivity index (χ1v) is 9.75. The Labute approximate surface area is 127 Å². The molecule has 0 bridgehead atoms. The van der Waals surface area contributed by atoms with Crippen molar-refractivity contribution in [3.63, 3.8) is 0 Å². The van der Waals surface area contributed by atoms with Gasteiger partial charge in [0.1, 0.15) is 0 Å². The third-order valence-corrected chi connectivity index (χ3v) is 5.35. The van der Waals surface area contributed by atoms with E-state index in [1.54, 1.807) is 4.31 Å². The van der Waals surface area contributed by atoms with E-state index in [0.717, 1.165) is 45.2 Å². The van der Waals surface area contributed by atoms with Gasteiger partial charge in [-0.1, -0.05) is 0 Å². The molecule has 1 aliphatic carbocycles. The van der Waals surface area contributed by atoms with Gasteiger partial charge in [0.25, 0.3) is 0 Å². The summed E-state index contributed by atoms with van der Waals surface area (Å²) >= 11 is 0. The maximum atomic E-state index is 11.5.